The van der Waals surface area contributed by atoms with E-state index in [-0.39, 0.29) is 17.8 Å². The van der Waals surface area contributed by atoms with Crippen molar-refractivity contribution >= 4 is 35.3 Å². The van der Waals surface area contributed by atoms with Gasteiger partial charge in [0, 0.05) is 10.6 Å². The lowest BCUT2D eigenvalue weighted by Gasteiger charge is -2.17. The molecule has 32 heavy (non-hydrogen) atoms. The maximum Gasteiger partial charge on any atom is 0.326 e. The number of ether oxygens (including phenoxy) is 1. The number of carboxylic acids is 1. The van der Waals surface area contributed by atoms with Crippen LogP contribution in [-0.4, -0.2) is 39.2 Å². The Morgan fingerprint density at radius 3 is 2.47 bits per heavy atom. The van der Waals surface area contributed by atoms with Gasteiger partial charge in [-0.05, 0) is 66.6 Å². The Morgan fingerprint density at radius 2 is 1.84 bits per heavy atom. The summed E-state index contributed by atoms with van der Waals surface area (Å²) in [6.45, 7) is 3.87. The van der Waals surface area contributed by atoms with Crippen LogP contribution in [-0.2, 0) is 4.79 Å². The number of methoxy groups -OCH3 is 1. The van der Waals surface area contributed by atoms with E-state index < -0.39 is 17.8 Å². The molecule has 1 atom stereocenters. The van der Waals surface area contributed by atoms with Crippen LogP contribution in [0.25, 0.3) is 0 Å². The maximum atomic E-state index is 13.6. The minimum absolute atomic E-state index is 0.114. The summed E-state index contributed by atoms with van der Waals surface area (Å²) in [5, 5.41) is 15.7. The van der Waals surface area contributed by atoms with Gasteiger partial charge in [0.2, 0.25) is 11.9 Å². The van der Waals surface area contributed by atoms with Crippen LogP contribution in [0.4, 0.5) is 22.0 Å². The third kappa shape index (κ3) is 6.81. The molecule has 168 valence electrons. The fourth-order valence-electron chi connectivity index (χ4n) is 2.82. The van der Waals surface area contributed by atoms with Gasteiger partial charge in [0.15, 0.2) is 5.16 Å². The lowest BCUT2D eigenvalue weighted by molar-refractivity contribution is -0.138. The highest BCUT2D eigenvalue weighted by atomic mass is 32.2. The van der Waals surface area contributed by atoms with E-state index in [1.807, 2.05) is 38.1 Å². The van der Waals surface area contributed by atoms with E-state index in [2.05, 4.69) is 25.6 Å². The zero-order valence-corrected chi connectivity index (χ0v) is 18.7. The molecule has 0 unspecified atom stereocenters. The van der Waals surface area contributed by atoms with Gasteiger partial charge in [-0.3, -0.25) is 0 Å². The highest BCUT2D eigenvalue weighted by Crippen LogP contribution is 2.28. The third-order valence-electron chi connectivity index (χ3n) is 4.27. The van der Waals surface area contributed by atoms with Crippen molar-refractivity contribution in [3.63, 3.8) is 0 Å². The largest absolute Gasteiger partial charge is 0.497 e. The number of carboxylic acid groups (broad SMARTS) is 1. The number of nitrogens with zero attached hydrogens (tertiary/aromatic N) is 3. The first kappa shape index (κ1) is 23.3. The Morgan fingerprint density at radius 1 is 1.12 bits per heavy atom. The summed E-state index contributed by atoms with van der Waals surface area (Å²) >= 11 is 1.28. The fraction of sp³-hybridized carbons (Fsp3) is 0.273. The van der Waals surface area contributed by atoms with Crippen LogP contribution in [0.5, 0.6) is 5.75 Å². The number of hydrogen-bond donors (Lipinski definition) is 3. The normalized spacial score (nSPS) is 11.8. The average Bonchev–Trinajstić information content (AvgIpc) is 2.73. The topological polar surface area (TPSA) is 109 Å². The highest BCUT2D eigenvalue weighted by Gasteiger charge is 2.21. The molecule has 1 aromatic heterocycles. The molecule has 8 nitrogen and oxygen atoms in total. The molecule has 0 amide bonds. The Labute approximate surface area is 189 Å². The number of carbonyl (C=O) groups is 1. The molecule has 1 heterocycles. The first-order chi connectivity index (χ1) is 15.3. The van der Waals surface area contributed by atoms with Gasteiger partial charge in [-0.1, -0.05) is 19.9 Å². The van der Waals surface area contributed by atoms with Crippen LogP contribution in [0.1, 0.15) is 20.3 Å². The number of halogens is 1. The smallest absolute Gasteiger partial charge is 0.326 e. The van der Waals surface area contributed by atoms with E-state index in [0.29, 0.717) is 17.3 Å². The predicted molar refractivity (Wildman–Crippen MR) is 121 cm³/mol. The monoisotopic (exact) mass is 457 g/mol. The molecule has 10 heteroatoms. The van der Waals surface area contributed by atoms with Crippen LogP contribution in [0, 0.1) is 11.7 Å². The third-order valence-corrected chi connectivity index (χ3v) is 5.15. The van der Waals surface area contributed by atoms with Crippen LogP contribution >= 0.6 is 11.8 Å². The molecule has 3 rings (SSSR count). The molecule has 0 aliphatic heterocycles. The number of rotatable bonds is 10. The SMILES string of the molecule is COc1ccc(Sc2nc(Nc3cccc(F)c3)nc(N[C@@H](CC(C)C)C(=O)O)n2)cc1. The molecule has 2 aromatic carbocycles. The second-order valence-electron chi connectivity index (χ2n) is 7.34. The van der Waals surface area contributed by atoms with Crippen molar-refractivity contribution in [3.05, 3.63) is 54.3 Å². The maximum absolute atomic E-state index is 13.6. The minimum atomic E-state index is -0.997. The molecule has 0 saturated carbocycles. The van der Waals surface area contributed by atoms with E-state index in [0.717, 1.165) is 10.6 Å². The number of anilines is 3. The van der Waals surface area contributed by atoms with E-state index in [1.54, 1.807) is 19.2 Å². The molecule has 0 saturated heterocycles. The zero-order valence-electron chi connectivity index (χ0n) is 17.9. The van der Waals surface area contributed by atoms with Crippen molar-refractivity contribution in [2.75, 3.05) is 17.7 Å². The number of hydrogen-bond acceptors (Lipinski definition) is 8. The van der Waals surface area contributed by atoms with E-state index in [9.17, 15) is 14.3 Å². The van der Waals surface area contributed by atoms with Gasteiger partial charge in [0.05, 0.1) is 7.11 Å². The van der Waals surface area contributed by atoms with Crippen LogP contribution in [0.3, 0.4) is 0 Å². The number of aliphatic carboxylic acids is 1. The van der Waals surface area contributed by atoms with Crippen molar-refractivity contribution < 1.29 is 19.0 Å². The van der Waals surface area contributed by atoms with Gasteiger partial charge in [0.1, 0.15) is 17.6 Å². The van der Waals surface area contributed by atoms with E-state index >= 15 is 0 Å². The van der Waals surface area contributed by atoms with Gasteiger partial charge in [-0.2, -0.15) is 15.0 Å². The first-order valence-electron chi connectivity index (χ1n) is 9.92. The second-order valence-corrected chi connectivity index (χ2v) is 8.38. The standard InChI is InChI=1S/C22H24FN5O3S/c1-13(2)11-18(19(29)30)25-21-26-20(24-15-6-4-5-14(23)12-15)27-22(28-21)32-17-9-7-16(31-3)8-10-17/h4-10,12-13,18H,11H2,1-3H3,(H,29,30)(H2,24,25,26,27,28)/t18-/m0/s1. The van der Waals surface area contributed by atoms with Gasteiger partial charge >= 0.3 is 5.97 Å². The quantitative estimate of drug-likeness (QED) is 0.394. The van der Waals surface area contributed by atoms with Crippen molar-refractivity contribution in [2.24, 2.45) is 5.92 Å². The van der Waals surface area contributed by atoms with Gasteiger partial charge in [-0.15, -0.1) is 0 Å². The van der Waals surface area contributed by atoms with Gasteiger partial charge in [0.25, 0.3) is 0 Å². The molecular weight excluding hydrogens is 433 g/mol. The second kappa shape index (κ2) is 10.8. The number of benzene rings is 2. The van der Waals surface area contributed by atoms with Gasteiger partial charge in [-0.25, -0.2) is 9.18 Å². The van der Waals surface area contributed by atoms with E-state index in [4.69, 9.17) is 4.74 Å². The Balaban J connectivity index is 1.91. The molecule has 0 radical (unpaired) electrons. The van der Waals surface area contributed by atoms with E-state index in [1.165, 1.54) is 23.9 Å². The first-order valence-corrected chi connectivity index (χ1v) is 10.7. The molecule has 3 N–H and O–H groups in total. The lowest BCUT2D eigenvalue weighted by atomic mass is 10.0. The van der Waals surface area contributed by atoms with Crippen molar-refractivity contribution in [3.8, 4) is 5.75 Å². The summed E-state index contributed by atoms with van der Waals surface area (Å²) < 4.78 is 18.7. The zero-order chi connectivity index (χ0) is 23.1. The minimum Gasteiger partial charge on any atom is -0.497 e. The van der Waals surface area contributed by atoms with Crippen molar-refractivity contribution in [1.82, 2.24) is 15.0 Å². The average molecular weight is 458 g/mol. The molecule has 0 bridgehead atoms. The fourth-order valence-corrected chi connectivity index (χ4v) is 3.56. The van der Waals surface area contributed by atoms with Crippen molar-refractivity contribution in [2.45, 2.75) is 36.4 Å². The molecule has 0 fully saturated rings. The summed E-state index contributed by atoms with van der Waals surface area (Å²) in [6.07, 6.45) is 0.397. The summed E-state index contributed by atoms with van der Waals surface area (Å²) in [5.74, 6) is -0.246. The summed E-state index contributed by atoms with van der Waals surface area (Å²) in [4.78, 5) is 25.6. The molecule has 0 spiro atoms. The molecule has 3 aromatic rings. The Bertz CT molecular complexity index is 1070. The Hall–Kier alpha value is -3.40. The Kier molecular flexibility index (Phi) is 7.82. The molecular formula is C22H24FN5O3S. The van der Waals surface area contributed by atoms with Crippen LogP contribution in [0.15, 0.2) is 58.6 Å². The summed E-state index contributed by atoms with van der Waals surface area (Å²) in [7, 11) is 1.59. The summed E-state index contributed by atoms with van der Waals surface area (Å²) in [6, 6.07) is 12.4. The van der Waals surface area contributed by atoms with Gasteiger partial charge < -0.3 is 20.5 Å². The number of aromatic nitrogens is 3. The predicted octanol–water partition coefficient (Wildman–Crippen LogP) is 4.83. The lowest BCUT2D eigenvalue weighted by Crippen LogP contribution is -2.31. The molecule has 0 aliphatic carbocycles. The summed E-state index contributed by atoms with van der Waals surface area (Å²) in [5.41, 5.74) is 0.458. The van der Waals surface area contributed by atoms with Crippen LogP contribution in [0.2, 0.25) is 0 Å². The van der Waals surface area contributed by atoms with Crippen LogP contribution < -0.4 is 15.4 Å². The highest BCUT2D eigenvalue weighted by molar-refractivity contribution is 7.99. The number of nitrogens with one attached hydrogen (secondary N) is 2. The van der Waals surface area contributed by atoms with Crippen molar-refractivity contribution in [1.29, 1.82) is 0 Å². The molecule has 0 aliphatic rings.